The molecule has 0 saturated heterocycles. The molecule has 0 spiro atoms. The number of pyridine rings is 1. The first kappa shape index (κ1) is 12.0. The monoisotopic (exact) mass is 296 g/mol. The predicted octanol–water partition coefficient (Wildman–Crippen LogP) is 3.23. The van der Waals surface area contributed by atoms with Crippen LogP contribution in [0.25, 0.3) is 0 Å². The highest BCUT2D eigenvalue weighted by Gasteiger charge is 2.08. The fourth-order valence-electron chi connectivity index (χ4n) is 1.33. The molecule has 1 heterocycles. The van der Waals surface area contributed by atoms with Gasteiger partial charge in [0.05, 0.1) is 4.47 Å². The maximum atomic E-state index is 12.9. The molecule has 1 aromatic carbocycles. The van der Waals surface area contributed by atoms with E-state index in [9.17, 15) is 4.39 Å². The van der Waals surface area contributed by atoms with Crippen LogP contribution >= 0.6 is 15.9 Å². The Bertz CT molecular complexity index is 534. The lowest BCUT2D eigenvalue weighted by Gasteiger charge is -2.09. The molecule has 0 aliphatic heterocycles. The SMILES string of the molecule is NCc1cccnc1Oc1ccc(F)cc1Br. The second-order valence-electron chi connectivity index (χ2n) is 3.35. The van der Waals surface area contributed by atoms with Gasteiger partial charge in [0, 0.05) is 18.3 Å². The Morgan fingerprint density at radius 3 is 2.88 bits per heavy atom. The average molecular weight is 297 g/mol. The standard InChI is InChI=1S/C12H10BrFN2O/c13-10-6-9(14)3-4-11(10)17-12-8(7-15)2-1-5-16-12/h1-6H,7,15H2. The van der Waals surface area contributed by atoms with Gasteiger partial charge >= 0.3 is 0 Å². The molecule has 5 heteroatoms. The summed E-state index contributed by atoms with van der Waals surface area (Å²) in [5.41, 5.74) is 6.37. The van der Waals surface area contributed by atoms with Crippen molar-refractivity contribution < 1.29 is 9.13 Å². The quantitative estimate of drug-likeness (QED) is 0.946. The minimum atomic E-state index is -0.329. The Labute approximate surface area is 107 Å². The van der Waals surface area contributed by atoms with Crippen molar-refractivity contribution >= 4 is 15.9 Å². The van der Waals surface area contributed by atoms with E-state index in [1.807, 2.05) is 6.07 Å². The second kappa shape index (κ2) is 5.25. The molecule has 0 saturated carbocycles. The Morgan fingerprint density at radius 1 is 1.35 bits per heavy atom. The number of nitrogens with two attached hydrogens (primary N) is 1. The molecule has 2 N–H and O–H groups in total. The van der Waals surface area contributed by atoms with Gasteiger partial charge in [0.2, 0.25) is 5.88 Å². The van der Waals surface area contributed by atoms with Gasteiger partial charge in [-0.1, -0.05) is 6.07 Å². The number of hydrogen-bond acceptors (Lipinski definition) is 3. The minimum absolute atomic E-state index is 0.329. The maximum Gasteiger partial charge on any atom is 0.223 e. The van der Waals surface area contributed by atoms with Crippen molar-refractivity contribution in [2.75, 3.05) is 0 Å². The Kier molecular flexibility index (Phi) is 3.71. The summed E-state index contributed by atoms with van der Waals surface area (Å²) in [5.74, 6) is 0.603. The molecule has 0 atom stereocenters. The van der Waals surface area contributed by atoms with Gasteiger partial charge in [0.15, 0.2) is 0 Å². The highest BCUT2D eigenvalue weighted by atomic mass is 79.9. The molecule has 1 aromatic heterocycles. The molecule has 0 aliphatic rings. The number of ether oxygens (including phenoxy) is 1. The van der Waals surface area contributed by atoms with Crippen LogP contribution in [0.2, 0.25) is 0 Å². The third-order valence-corrected chi connectivity index (χ3v) is 2.79. The van der Waals surface area contributed by atoms with E-state index in [1.165, 1.54) is 18.2 Å². The summed E-state index contributed by atoms with van der Waals surface area (Å²) < 4.78 is 19.0. The highest BCUT2D eigenvalue weighted by Crippen LogP contribution is 2.30. The molecule has 0 aliphatic carbocycles. The summed E-state index contributed by atoms with van der Waals surface area (Å²) >= 11 is 3.23. The Hall–Kier alpha value is -1.46. The zero-order valence-electron chi connectivity index (χ0n) is 8.86. The van der Waals surface area contributed by atoms with E-state index in [2.05, 4.69) is 20.9 Å². The van der Waals surface area contributed by atoms with E-state index >= 15 is 0 Å². The number of rotatable bonds is 3. The Balaban J connectivity index is 2.31. The molecule has 0 bridgehead atoms. The predicted molar refractivity (Wildman–Crippen MR) is 66.3 cm³/mol. The molecular weight excluding hydrogens is 287 g/mol. The first-order valence-electron chi connectivity index (χ1n) is 4.97. The van der Waals surface area contributed by atoms with Crippen molar-refractivity contribution in [1.29, 1.82) is 0 Å². The molecule has 0 radical (unpaired) electrons. The molecule has 3 nitrogen and oxygen atoms in total. The topological polar surface area (TPSA) is 48.1 Å². The van der Waals surface area contributed by atoms with E-state index in [0.29, 0.717) is 22.6 Å². The number of benzene rings is 1. The van der Waals surface area contributed by atoms with Crippen LogP contribution in [0.15, 0.2) is 41.0 Å². The summed E-state index contributed by atoms with van der Waals surface area (Å²) in [6.45, 7) is 0.335. The van der Waals surface area contributed by atoms with Gasteiger partial charge in [-0.15, -0.1) is 0 Å². The van der Waals surface area contributed by atoms with Gasteiger partial charge in [0.25, 0.3) is 0 Å². The second-order valence-corrected chi connectivity index (χ2v) is 4.20. The van der Waals surface area contributed by atoms with Gasteiger partial charge in [0.1, 0.15) is 11.6 Å². The number of halogens is 2. The van der Waals surface area contributed by atoms with E-state index in [1.54, 1.807) is 12.3 Å². The van der Waals surface area contributed by atoms with E-state index in [0.717, 1.165) is 5.56 Å². The molecule has 0 amide bonds. The number of hydrogen-bond donors (Lipinski definition) is 1. The number of aromatic nitrogens is 1. The van der Waals surface area contributed by atoms with Crippen molar-refractivity contribution in [3.05, 3.63) is 52.4 Å². The zero-order chi connectivity index (χ0) is 12.3. The Morgan fingerprint density at radius 2 is 2.18 bits per heavy atom. The summed E-state index contributed by atoms with van der Waals surface area (Å²) in [6.07, 6.45) is 1.62. The summed E-state index contributed by atoms with van der Waals surface area (Å²) in [5, 5.41) is 0. The summed E-state index contributed by atoms with van der Waals surface area (Å²) in [7, 11) is 0. The van der Waals surface area contributed by atoms with Crippen LogP contribution in [-0.4, -0.2) is 4.98 Å². The summed E-state index contributed by atoms with van der Waals surface area (Å²) in [6, 6.07) is 7.81. The maximum absolute atomic E-state index is 12.9. The van der Waals surface area contributed by atoms with E-state index in [-0.39, 0.29) is 5.82 Å². The van der Waals surface area contributed by atoms with Gasteiger partial charge in [-0.25, -0.2) is 9.37 Å². The van der Waals surface area contributed by atoms with E-state index < -0.39 is 0 Å². The van der Waals surface area contributed by atoms with Gasteiger partial charge < -0.3 is 10.5 Å². The van der Waals surface area contributed by atoms with Crippen LogP contribution in [-0.2, 0) is 6.54 Å². The lowest BCUT2D eigenvalue weighted by molar-refractivity contribution is 0.452. The zero-order valence-corrected chi connectivity index (χ0v) is 10.4. The first-order chi connectivity index (χ1) is 8.20. The third-order valence-electron chi connectivity index (χ3n) is 2.17. The average Bonchev–Trinajstić information content (AvgIpc) is 2.33. The van der Waals surface area contributed by atoms with Crippen molar-refractivity contribution in [2.24, 2.45) is 5.73 Å². The van der Waals surface area contributed by atoms with Crippen LogP contribution in [0, 0.1) is 5.82 Å². The highest BCUT2D eigenvalue weighted by molar-refractivity contribution is 9.10. The van der Waals surface area contributed by atoms with Crippen LogP contribution in [0.4, 0.5) is 4.39 Å². The van der Waals surface area contributed by atoms with Gasteiger partial charge in [-0.2, -0.15) is 0 Å². The van der Waals surface area contributed by atoms with Crippen LogP contribution in [0.1, 0.15) is 5.56 Å². The minimum Gasteiger partial charge on any atom is -0.438 e. The smallest absolute Gasteiger partial charge is 0.223 e. The van der Waals surface area contributed by atoms with Crippen LogP contribution < -0.4 is 10.5 Å². The van der Waals surface area contributed by atoms with Gasteiger partial charge in [-0.3, -0.25) is 0 Å². The molecule has 88 valence electrons. The fraction of sp³-hybridized carbons (Fsp3) is 0.0833. The van der Waals surface area contributed by atoms with Gasteiger partial charge in [-0.05, 0) is 40.2 Å². The molecule has 0 fully saturated rings. The normalized spacial score (nSPS) is 10.3. The largest absolute Gasteiger partial charge is 0.438 e. The third kappa shape index (κ3) is 2.81. The molecule has 2 aromatic rings. The van der Waals surface area contributed by atoms with E-state index in [4.69, 9.17) is 10.5 Å². The van der Waals surface area contributed by atoms with Crippen LogP contribution in [0.5, 0.6) is 11.6 Å². The van der Waals surface area contributed by atoms with Crippen molar-refractivity contribution in [2.45, 2.75) is 6.54 Å². The van der Waals surface area contributed by atoms with Crippen molar-refractivity contribution in [1.82, 2.24) is 4.98 Å². The van der Waals surface area contributed by atoms with Crippen molar-refractivity contribution in [3.8, 4) is 11.6 Å². The molecule has 0 unspecified atom stereocenters. The summed E-state index contributed by atoms with van der Waals surface area (Å²) in [4.78, 5) is 4.09. The lowest BCUT2D eigenvalue weighted by atomic mass is 10.3. The van der Waals surface area contributed by atoms with Crippen LogP contribution in [0.3, 0.4) is 0 Å². The first-order valence-corrected chi connectivity index (χ1v) is 5.77. The molecule has 17 heavy (non-hydrogen) atoms. The fourth-order valence-corrected chi connectivity index (χ4v) is 1.77. The van der Waals surface area contributed by atoms with Crippen molar-refractivity contribution in [3.63, 3.8) is 0 Å². The molecule has 2 rings (SSSR count). The number of nitrogens with zero attached hydrogens (tertiary/aromatic N) is 1. The lowest BCUT2D eigenvalue weighted by Crippen LogP contribution is -2.01. The molecular formula is C12H10BrFN2O.